The summed E-state index contributed by atoms with van der Waals surface area (Å²) in [7, 11) is 0. The van der Waals surface area contributed by atoms with Crippen LogP contribution in [0.25, 0.3) is 0 Å². The van der Waals surface area contributed by atoms with Gasteiger partial charge in [0.05, 0.1) is 0 Å². The maximum atomic E-state index is 4.73. The van der Waals surface area contributed by atoms with Gasteiger partial charge in [-0.1, -0.05) is 35.5 Å². The summed E-state index contributed by atoms with van der Waals surface area (Å²) in [5.74, 6) is 0.830. The Hall–Kier alpha value is 0.830. The molecule has 1 radical (unpaired) electrons. The first-order valence-electron chi connectivity index (χ1n) is 2.03. The van der Waals surface area contributed by atoms with Crippen LogP contribution < -0.4 is 0 Å². The molecule has 0 N–H and O–H groups in total. The molecule has 0 bridgehead atoms. The highest BCUT2D eigenvalue weighted by Gasteiger charge is 1.92. The van der Waals surface area contributed by atoms with E-state index < -0.39 is 0 Å². The van der Waals surface area contributed by atoms with E-state index in [-0.39, 0.29) is 0 Å². The van der Waals surface area contributed by atoms with Crippen molar-refractivity contribution >= 4 is 28.6 Å². The molecule has 6 heavy (non-hydrogen) atoms. The summed E-state index contributed by atoms with van der Waals surface area (Å²) >= 11 is 8.10. The van der Waals surface area contributed by atoms with Crippen LogP contribution >= 0.6 is 28.6 Å². The molecular weight excluding hydrogens is 160 g/mol. The Balaban J connectivity index is 2.75. The molecule has 0 aromatic rings. The van der Waals surface area contributed by atoms with E-state index in [1.54, 1.807) is 0 Å². The summed E-state index contributed by atoms with van der Waals surface area (Å²) in [4.78, 5) is 0.562. The molecule has 1 atom stereocenters. The molecule has 2 heteroatoms. The van der Waals surface area contributed by atoms with E-state index in [0.717, 1.165) is 12.2 Å². The number of hydrogen-bond acceptors (Lipinski definition) is 0. The lowest BCUT2D eigenvalue weighted by atomic mass is 10.4. The van der Waals surface area contributed by atoms with Gasteiger partial charge in [-0.15, -0.1) is 0 Å². The molecule has 0 saturated heterocycles. The van der Waals surface area contributed by atoms with Gasteiger partial charge in [-0.3, -0.25) is 0 Å². The van der Waals surface area contributed by atoms with Crippen LogP contribution in [0.15, 0.2) is 0 Å². The Labute approximate surface area is 52.9 Å². The number of rotatable bonds is 2. The van der Waals surface area contributed by atoms with E-state index in [1.807, 2.05) is 0 Å². The van der Waals surface area contributed by atoms with Crippen molar-refractivity contribution in [1.29, 1.82) is 0 Å². The second-order valence-electron chi connectivity index (χ2n) is 1.17. The Morgan fingerprint density at radius 3 is 2.33 bits per heavy atom. The minimum Gasteiger partial charge on any atom is -0.0930 e. The van der Waals surface area contributed by atoms with Crippen molar-refractivity contribution in [3.05, 3.63) is 0 Å². The highest BCUT2D eigenvalue weighted by Crippen LogP contribution is 2.04. The van der Waals surface area contributed by atoms with Crippen molar-refractivity contribution in [1.82, 2.24) is 0 Å². The van der Waals surface area contributed by atoms with Gasteiger partial charge in [-0.25, -0.2) is 0 Å². The Morgan fingerprint density at radius 2 is 2.33 bits per heavy atom. The maximum absolute atomic E-state index is 4.73. The molecule has 0 amide bonds. The van der Waals surface area contributed by atoms with Crippen LogP contribution in [0.4, 0.5) is 0 Å². The van der Waals surface area contributed by atoms with Gasteiger partial charge < -0.3 is 0 Å². The third-order valence-corrected chi connectivity index (χ3v) is 2.43. The summed E-state index contributed by atoms with van der Waals surface area (Å²) in [6.45, 7) is 2.12. The van der Waals surface area contributed by atoms with E-state index in [4.69, 9.17) is 12.6 Å². The quantitative estimate of drug-likeness (QED) is 0.555. The predicted octanol–water partition coefficient (Wildman–Crippen LogP) is 2.36. The second kappa shape index (κ2) is 4.00. The van der Waals surface area contributed by atoms with Crippen molar-refractivity contribution in [3.63, 3.8) is 0 Å². The molecule has 0 spiro atoms. The summed E-state index contributed by atoms with van der Waals surface area (Å²) in [5.41, 5.74) is 0. The minimum absolute atomic E-state index is 0.562. The van der Waals surface area contributed by atoms with Crippen LogP contribution in [-0.2, 0) is 0 Å². The zero-order valence-corrected chi connectivity index (χ0v) is 6.18. The lowest BCUT2D eigenvalue weighted by Gasteiger charge is -1.95. The van der Waals surface area contributed by atoms with Crippen LogP contribution in [0.3, 0.4) is 0 Å². The third-order valence-electron chi connectivity index (χ3n) is 0.624. The zero-order valence-electron chi connectivity index (χ0n) is 3.78. The van der Waals surface area contributed by atoms with E-state index in [1.165, 1.54) is 0 Å². The van der Waals surface area contributed by atoms with E-state index in [9.17, 15) is 0 Å². The lowest BCUT2D eigenvalue weighted by molar-refractivity contribution is 0.934. The van der Waals surface area contributed by atoms with Gasteiger partial charge >= 0.3 is 0 Å². The molecule has 0 aromatic heterocycles. The van der Waals surface area contributed by atoms with Gasteiger partial charge in [0.2, 0.25) is 0 Å². The Bertz CT molecular complexity index is 26.7. The Kier molecular flexibility index (Phi) is 4.56. The van der Waals surface area contributed by atoms with Crippen molar-refractivity contribution in [2.75, 3.05) is 5.75 Å². The summed E-state index contributed by atoms with van der Waals surface area (Å²) < 4.78 is 0. The van der Waals surface area contributed by atoms with Gasteiger partial charge in [0.15, 0.2) is 0 Å². The topological polar surface area (TPSA) is 0 Å². The predicted molar refractivity (Wildman–Crippen MR) is 35.5 cm³/mol. The average Bonchev–Trinajstić information content (AvgIpc) is 1.65. The molecule has 1 unspecified atom stereocenters. The van der Waals surface area contributed by atoms with Crippen LogP contribution in [0.1, 0.15) is 13.3 Å². The van der Waals surface area contributed by atoms with E-state index in [2.05, 4.69) is 22.9 Å². The fourth-order valence-electron chi connectivity index (χ4n) is 0.118. The molecule has 0 rings (SSSR count). The zero-order chi connectivity index (χ0) is 4.99. The largest absolute Gasteiger partial charge is 0.0930 e. The van der Waals surface area contributed by atoms with Gasteiger partial charge in [0, 0.05) is 10.6 Å². The second-order valence-corrected chi connectivity index (χ2v) is 2.80. The fourth-order valence-corrected chi connectivity index (χ4v) is 0.354. The first kappa shape index (κ1) is 6.83. The van der Waals surface area contributed by atoms with E-state index in [0.29, 0.717) is 4.83 Å². The average molecular weight is 168 g/mol. The van der Waals surface area contributed by atoms with Crippen LogP contribution in [0.5, 0.6) is 0 Å². The molecule has 0 nitrogen and oxygen atoms in total. The summed E-state index contributed by atoms with van der Waals surface area (Å²) in [6.07, 6.45) is 1.14. The fraction of sp³-hybridized carbons (Fsp3) is 1.00. The smallest absolute Gasteiger partial charge is 0.0242 e. The molecule has 0 aliphatic carbocycles. The number of alkyl halides is 1. The standard InChI is InChI=1S/C4H8BrS/c1-2-4(5)3-6/h4H,2-3H2,1H3. The first-order chi connectivity index (χ1) is 2.81. The monoisotopic (exact) mass is 167 g/mol. The van der Waals surface area contributed by atoms with Gasteiger partial charge in [-0.05, 0) is 6.42 Å². The summed E-state index contributed by atoms with van der Waals surface area (Å²) in [6, 6.07) is 0. The third kappa shape index (κ3) is 3.04. The molecule has 0 aliphatic heterocycles. The van der Waals surface area contributed by atoms with E-state index >= 15 is 0 Å². The number of hydrogen-bond donors (Lipinski definition) is 0. The highest BCUT2D eigenvalue weighted by molar-refractivity contribution is 9.09. The Morgan fingerprint density at radius 1 is 1.83 bits per heavy atom. The SMILES string of the molecule is CCC(Br)C[S]. The number of halogens is 1. The van der Waals surface area contributed by atoms with Crippen LogP contribution in [-0.4, -0.2) is 10.6 Å². The van der Waals surface area contributed by atoms with Crippen LogP contribution in [0.2, 0.25) is 0 Å². The van der Waals surface area contributed by atoms with Crippen LogP contribution in [0, 0.1) is 0 Å². The highest BCUT2D eigenvalue weighted by atomic mass is 79.9. The molecule has 0 aliphatic rings. The van der Waals surface area contributed by atoms with Gasteiger partial charge in [0.25, 0.3) is 0 Å². The van der Waals surface area contributed by atoms with Crippen molar-refractivity contribution in [3.8, 4) is 0 Å². The normalized spacial score (nSPS) is 14.5. The minimum atomic E-state index is 0.562. The molecular formula is C4H8BrS. The lowest BCUT2D eigenvalue weighted by Crippen LogP contribution is -1.93. The van der Waals surface area contributed by atoms with Crippen molar-refractivity contribution in [2.24, 2.45) is 0 Å². The molecule has 0 saturated carbocycles. The molecule has 37 valence electrons. The maximum Gasteiger partial charge on any atom is 0.0242 e. The molecule has 0 heterocycles. The molecule has 0 fully saturated rings. The van der Waals surface area contributed by atoms with Gasteiger partial charge in [0.1, 0.15) is 0 Å². The van der Waals surface area contributed by atoms with Crippen molar-refractivity contribution < 1.29 is 0 Å². The summed E-state index contributed by atoms with van der Waals surface area (Å²) in [5, 5.41) is 0. The first-order valence-corrected chi connectivity index (χ1v) is 3.52. The molecule has 0 aromatic carbocycles. The van der Waals surface area contributed by atoms with Crippen molar-refractivity contribution in [2.45, 2.75) is 18.2 Å². The van der Waals surface area contributed by atoms with Gasteiger partial charge in [-0.2, -0.15) is 0 Å².